The van der Waals surface area contributed by atoms with Crippen LogP contribution in [-0.2, 0) is 17.9 Å². The van der Waals surface area contributed by atoms with Gasteiger partial charge in [0.2, 0.25) is 0 Å². The molecule has 0 amide bonds. The molecule has 0 saturated heterocycles. The predicted octanol–water partition coefficient (Wildman–Crippen LogP) is 1.83. The van der Waals surface area contributed by atoms with Gasteiger partial charge in [0.15, 0.2) is 0 Å². The number of hydrogen-bond donors (Lipinski definition) is 0. The Bertz CT molecular complexity index is 220. The SMILES string of the molecule is CCCn1nccc1COCC. The van der Waals surface area contributed by atoms with Crippen molar-refractivity contribution in [3.8, 4) is 0 Å². The molecule has 0 spiro atoms. The van der Waals surface area contributed by atoms with Crippen LogP contribution in [0.4, 0.5) is 0 Å². The summed E-state index contributed by atoms with van der Waals surface area (Å²) in [5.74, 6) is 0. The van der Waals surface area contributed by atoms with E-state index in [4.69, 9.17) is 4.74 Å². The molecule has 0 saturated carbocycles. The Morgan fingerprint density at radius 2 is 2.33 bits per heavy atom. The molecule has 3 nitrogen and oxygen atoms in total. The average molecular weight is 168 g/mol. The van der Waals surface area contributed by atoms with Gasteiger partial charge in [-0.05, 0) is 19.4 Å². The van der Waals surface area contributed by atoms with E-state index >= 15 is 0 Å². The second-order valence-electron chi connectivity index (χ2n) is 2.68. The minimum Gasteiger partial charge on any atom is -0.375 e. The van der Waals surface area contributed by atoms with Gasteiger partial charge in [0.1, 0.15) is 0 Å². The fourth-order valence-electron chi connectivity index (χ4n) is 1.10. The number of nitrogens with zero attached hydrogens (tertiary/aromatic N) is 2. The Hall–Kier alpha value is -0.830. The molecule has 12 heavy (non-hydrogen) atoms. The molecule has 0 fully saturated rings. The first-order valence-corrected chi connectivity index (χ1v) is 4.47. The lowest BCUT2D eigenvalue weighted by atomic mass is 10.4. The fraction of sp³-hybridized carbons (Fsp3) is 0.667. The second kappa shape index (κ2) is 4.93. The summed E-state index contributed by atoms with van der Waals surface area (Å²) in [6, 6.07) is 2.01. The summed E-state index contributed by atoms with van der Waals surface area (Å²) in [6.45, 7) is 6.57. The lowest BCUT2D eigenvalue weighted by Gasteiger charge is -2.05. The maximum atomic E-state index is 5.30. The van der Waals surface area contributed by atoms with Crippen LogP contribution >= 0.6 is 0 Å². The third kappa shape index (κ3) is 2.34. The van der Waals surface area contributed by atoms with Crippen LogP contribution in [0.5, 0.6) is 0 Å². The maximum absolute atomic E-state index is 5.30. The highest BCUT2D eigenvalue weighted by Gasteiger charge is 1.99. The van der Waals surface area contributed by atoms with Crippen molar-refractivity contribution in [1.29, 1.82) is 0 Å². The molecule has 0 unspecified atom stereocenters. The van der Waals surface area contributed by atoms with E-state index < -0.39 is 0 Å². The van der Waals surface area contributed by atoms with E-state index in [9.17, 15) is 0 Å². The summed E-state index contributed by atoms with van der Waals surface area (Å²) in [7, 11) is 0. The smallest absolute Gasteiger partial charge is 0.0884 e. The first-order valence-electron chi connectivity index (χ1n) is 4.47. The monoisotopic (exact) mass is 168 g/mol. The van der Waals surface area contributed by atoms with Crippen LogP contribution in [0.1, 0.15) is 26.0 Å². The Morgan fingerprint density at radius 3 is 3.00 bits per heavy atom. The molecular weight excluding hydrogens is 152 g/mol. The molecule has 0 aliphatic heterocycles. The first-order chi connectivity index (χ1) is 5.88. The van der Waals surface area contributed by atoms with E-state index in [1.165, 1.54) is 5.69 Å². The normalized spacial score (nSPS) is 10.5. The Kier molecular flexibility index (Phi) is 3.80. The van der Waals surface area contributed by atoms with Crippen LogP contribution in [0.15, 0.2) is 12.3 Å². The van der Waals surface area contributed by atoms with Crippen molar-refractivity contribution in [2.45, 2.75) is 33.4 Å². The van der Waals surface area contributed by atoms with Crippen molar-refractivity contribution >= 4 is 0 Å². The molecule has 0 aliphatic rings. The van der Waals surface area contributed by atoms with Gasteiger partial charge in [0.05, 0.1) is 12.3 Å². The minimum atomic E-state index is 0.677. The Labute approximate surface area is 73.3 Å². The maximum Gasteiger partial charge on any atom is 0.0884 e. The standard InChI is InChI=1S/C9H16N2O/c1-3-7-11-9(5-6-10-11)8-12-4-2/h5-6H,3-4,7-8H2,1-2H3. The predicted molar refractivity (Wildman–Crippen MR) is 47.8 cm³/mol. The molecule has 0 aromatic carbocycles. The number of hydrogen-bond acceptors (Lipinski definition) is 2. The van der Waals surface area contributed by atoms with Gasteiger partial charge in [-0.15, -0.1) is 0 Å². The number of aromatic nitrogens is 2. The van der Waals surface area contributed by atoms with Crippen molar-refractivity contribution < 1.29 is 4.74 Å². The zero-order valence-corrected chi connectivity index (χ0v) is 7.79. The summed E-state index contributed by atoms with van der Waals surface area (Å²) < 4.78 is 7.30. The zero-order valence-electron chi connectivity index (χ0n) is 7.79. The number of rotatable bonds is 5. The molecule has 0 atom stereocenters. The molecule has 0 bridgehead atoms. The van der Waals surface area contributed by atoms with Gasteiger partial charge in [-0.1, -0.05) is 6.92 Å². The van der Waals surface area contributed by atoms with Crippen molar-refractivity contribution in [3.05, 3.63) is 18.0 Å². The molecule has 0 N–H and O–H groups in total. The molecule has 1 aromatic heterocycles. The summed E-state index contributed by atoms with van der Waals surface area (Å²) in [6.07, 6.45) is 2.94. The van der Waals surface area contributed by atoms with Gasteiger partial charge >= 0.3 is 0 Å². The van der Waals surface area contributed by atoms with E-state index in [1.807, 2.05) is 23.9 Å². The third-order valence-electron chi connectivity index (χ3n) is 1.69. The summed E-state index contributed by atoms with van der Waals surface area (Å²) in [5, 5.41) is 4.20. The van der Waals surface area contributed by atoms with E-state index in [2.05, 4.69) is 12.0 Å². The Morgan fingerprint density at radius 1 is 1.50 bits per heavy atom. The van der Waals surface area contributed by atoms with E-state index in [0.717, 1.165) is 19.6 Å². The van der Waals surface area contributed by atoms with Gasteiger partial charge in [0.25, 0.3) is 0 Å². The average Bonchev–Trinajstić information content (AvgIpc) is 2.50. The summed E-state index contributed by atoms with van der Waals surface area (Å²) in [4.78, 5) is 0. The van der Waals surface area contributed by atoms with Crippen LogP contribution in [0.3, 0.4) is 0 Å². The van der Waals surface area contributed by atoms with Crippen molar-refractivity contribution in [2.24, 2.45) is 0 Å². The molecule has 0 radical (unpaired) electrons. The van der Waals surface area contributed by atoms with Gasteiger partial charge in [-0.2, -0.15) is 5.10 Å². The fourth-order valence-corrected chi connectivity index (χ4v) is 1.10. The molecule has 1 rings (SSSR count). The number of ether oxygens (including phenoxy) is 1. The van der Waals surface area contributed by atoms with Crippen molar-refractivity contribution in [3.63, 3.8) is 0 Å². The van der Waals surface area contributed by atoms with Gasteiger partial charge in [0, 0.05) is 19.3 Å². The molecular formula is C9H16N2O. The minimum absolute atomic E-state index is 0.677. The quantitative estimate of drug-likeness (QED) is 0.670. The van der Waals surface area contributed by atoms with E-state index in [0.29, 0.717) is 6.61 Å². The van der Waals surface area contributed by atoms with Crippen LogP contribution in [0.2, 0.25) is 0 Å². The summed E-state index contributed by atoms with van der Waals surface area (Å²) in [5.41, 5.74) is 1.17. The van der Waals surface area contributed by atoms with E-state index in [1.54, 1.807) is 0 Å². The second-order valence-corrected chi connectivity index (χ2v) is 2.68. The largest absolute Gasteiger partial charge is 0.375 e. The first kappa shape index (κ1) is 9.26. The van der Waals surface area contributed by atoms with Gasteiger partial charge < -0.3 is 4.74 Å². The third-order valence-corrected chi connectivity index (χ3v) is 1.69. The highest BCUT2D eigenvalue weighted by molar-refractivity contribution is 4.98. The lowest BCUT2D eigenvalue weighted by Crippen LogP contribution is -2.05. The van der Waals surface area contributed by atoms with Crippen LogP contribution in [-0.4, -0.2) is 16.4 Å². The zero-order chi connectivity index (χ0) is 8.81. The van der Waals surface area contributed by atoms with Crippen LogP contribution < -0.4 is 0 Å². The Balaban J connectivity index is 2.51. The molecule has 1 aromatic rings. The van der Waals surface area contributed by atoms with Crippen LogP contribution in [0, 0.1) is 0 Å². The highest BCUT2D eigenvalue weighted by atomic mass is 16.5. The molecule has 0 aliphatic carbocycles. The van der Waals surface area contributed by atoms with Crippen molar-refractivity contribution in [1.82, 2.24) is 9.78 Å². The molecule has 1 heterocycles. The molecule has 3 heteroatoms. The number of aryl methyl sites for hydroxylation is 1. The van der Waals surface area contributed by atoms with Gasteiger partial charge in [-0.3, -0.25) is 4.68 Å². The van der Waals surface area contributed by atoms with Gasteiger partial charge in [-0.25, -0.2) is 0 Å². The van der Waals surface area contributed by atoms with E-state index in [-0.39, 0.29) is 0 Å². The van der Waals surface area contributed by atoms with Crippen molar-refractivity contribution in [2.75, 3.05) is 6.61 Å². The molecule has 68 valence electrons. The van der Waals surface area contributed by atoms with Crippen LogP contribution in [0.25, 0.3) is 0 Å². The topological polar surface area (TPSA) is 27.1 Å². The summed E-state index contributed by atoms with van der Waals surface area (Å²) >= 11 is 0. The highest BCUT2D eigenvalue weighted by Crippen LogP contribution is 2.01. The lowest BCUT2D eigenvalue weighted by molar-refractivity contribution is 0.127.